The molecule has 0 bridgehead atoms. The molecule has 0 radical (unpaired) electrons. The lowest BCUT2D eigenvalue weighted by molar-refractivity contribution is -0.114. The van der Waals surface area contributed by atoms with Crippen LogP contribution < -0.4 is 15.4 Å². The summed E-state index contributed by atoms with van der Waals surface area (Å²) in [4.78, 5) is 23.4. The highest BCUT2D eigenvalue weighted by atomic mass is 35.5. The van der Waals surface area contributed by atoms with Crippen molar-refractivity contribution in [3.8, 4) is 5.75 Å². The second kappa shape index (κ2) is 7.00. The molecule has 0 unspecified atom stereocenters. The van der Waals surface area contributed by atoms with E-state index in [4.69, 9.17) is 27.9 Å². The largest absolute Gasteiger partial charge is 0.495 e. The zero-order valence-corrected chi connectivity index (χ0v) is 14.0. The number of ether oxygens (including phenoxy) is 1. The molecule has 0 saturated carbocycles. The van der Waals surface area contributed by atoms with Gasteiger partial charge in [-0.1, -0.05) is 23.2 Å². The summed E-state index contributed by atoms with van der Waals surface area (Å²) in [5, 5.41) is 5.33. The molecule has 2 N–H and O–H groups in total. The van der Waals surface area contributed by atoms with Crippen LogP contribution >= 0.6 is 34.5 Å². The van der Waals surface area contributed by atoms with E-state index in [1.165, 1.54) is 20.1 Å². The standard InChI is InChI=1S/C14H12Cl2N2O3S/c1-7(19)17-10-5-8(3-4-11(10)21-2)18-14(20)9-6-12(15)22-13(9)16/h3-6H,1-2H3,(H,17,19)(H,18,20). The van der Waals surface area contributed by atoms with Gasteiger partial charge in [0.25, 0.3) is 5.91 Å². The fraction of sp³-hybridized carbons (Fsp3) is 0.143. The number of carbonyl (C=O) groups is 2. The Kier molecular flexibility index (Phi) is 5.28. The van der Waals surface area contributed by atoms with Crippen LogP contribution in [0.3, 0.4) is 0 Å². The average molecular weight is 359 g/mol. The summed E-state index contributed by atoms with van der Waals surface area (Å²) < 4.78 is 5.90. The number of amides is 2. The van der Waals surface area contributed by atoms with Crippen LogP contribution in [-0.2, 0) is 4.79 Å². The van der Waals surface area contributed by atoms with Gasteiger partial charge in [0.2, 0.25) is 5.91 Å². The third-order valence-electron chi connectivity index (χ3n) is 2.67. The number of rotatable bonds is 4. The summed E-state index contributed by atoms with van der Waals surface area (Å²) in [6.45, 7) is 1.39. The second-order valence-electron chi connectivity index (χ2n) is 4.29. The SMILES string of the molecule is COc1ccc(NC(=O)c2cc(Cl)sc2Cl)cc1NC(C)=O. The number of hydrogen-bond acceptors (Lipinski definition) is 4. The second-order valence-corrected chi connectivity index (χ2v) is 6.57. The summed E-state index contributed by atoms with van der Waals surface area (Å²) >= 11 is 12.9. The zero-order valence-electron chi connectivity index (χ0n) is 11.7. The molecule has 0 aliphatic heterocycles. The fourth-order valence-electron chi connectivity index (χ4n) is 1.77. The Hall–Kier alpha value is -1.76. The number of hydrogen-bond donors (Lipinski definition) is 2. The van der Waals surface area contributed by atoms with Crippen LogP contribution in [0.25, 0.3) is 0 Å². The number of halogens is 2. The fourth-order valence-corrected chi connectivity index (χ4v) is 3.22. The number of benzene rings is 1. The average Bonchev–Trinajstić information content (AvgIpc) is 2.77. The first-order valence-electron chi connectivity index (χ1n) is 6.12. The minimum Gasteiger partial charge on any atom is -0.495 e. The quantitative estimate of drug-likeness (QED) is 0.857. The van der Waals surface area contributed by atoms with Gasteiger partial charge in [0, 0.05) is 12.6 Å². The van der Waals surface area contributed by atoms with Crippen LogP contribution in [0.15, 0.2) is 24.3 Å². The van der Waals surface area contributed by atoms with E-state index >= 15 is 0 Å². The molecule has 0 spiro atoms. The summed E-state index contributed by atoms with van der Waals surface area (Å²) in [6, 6.07) is 6.40. The first-order valence-corrected chi connectivity index (χ1v) is 7.69. The van der Waals surface area contributed by atoms with Crippen LogP contribution in [0.4, 0.5) is 11.4 Å². The van der Waals surface area contributed by atoms with E-state index < -0.39 is 0 Å². The van der Waals surface area contributed by atoms with Gasteiger partial charge < -0.3 is 15.4 Å². The number of anilines is 2. The smallest absolute Gasteiger partial charge is 0.258 e. The van der Waals surface area contributed by atoms with Gasteiger partial charge in [-0.05, 0) is 24.3 Å². The molecule has 5 nitrogen and oxygen atoms in total. The molecular formula is C14H12Cl2N2O3S. The van der Waals surface area contributed by atoms with E-state index in [0.717, 1.165) is 11.3 Å². The Balaban J connectivity index is 2.24. The lowest BCUT2D eigenvalue weighted by Crippen LogP contribution is -2.12. The van der Waals surface area contributed by atoms with E-state index in [0.29, 0.717) is 31.4 Å². The highest BCUT2D eigenvalue weighted by molar-refractivity contribution is 7.20. The topological polar surface area (TPSA) is 67.4 Å². The van der Waals surface area contributed by atoms with Crippen LogP contribution in [0.5, 0.6) is 5.75 Å². The molecule has 2 rings (SSSR count). The van der Waals surface area contributed by atoms with E-state index in [1.807, 2.05) is 0 Å². The lowest BCUT2D eigenvalue weighted by atomic mass is 10.2. The van der Waals surface area contributed by atoms with Gasteiger partial charge in [0.15, 0.2) is 0 Å². The molecule has 0 aliphatic rings. The van der Waals surface area contributed by atoms with Gasteiger partial charge in [-0.25, -0.2) is 0 Å². The Labute approximate surface area is 141 Å². The maximum Gasteiger partial charge on any atom is 0.258 e. The third-order valence-corrected chi connectivity index (χ3v) is 4.16. The molecule has 8 heteroatoms. The van der Waals surface area contributed by atoms with E-state index in [9.17, 15) is 9.59 Å². The van der Waals surface area contributed by atoms with E-state index in [1.54, 1.807) is 18.2 Å². The first kappa shape index (κ1) is 16.6. The summed E-state index contributed by atoms with van der Waals surface area (Å²) in [7, 11) is 1.49. The van der Waals surface area contributed by atoms with Crippen molar-refractivity contribution in [3.05, 3.63) is 38.5 Å². The van der Waals surface area contributed by atoms with Crippen LogP contribution in [0.1, 0.15) is 17.3 Å². The molecule has 1 heterocycles. The molecule has 116 valence electrons. The number of thiophene rings is 1. The van der Waals surface area contributed by atoms with Crippen molar-refractivity contribution in [2.45, 2.75) is 6.92 Å². The minimum absolute atomic E-state index is 0.241. The Bertz CT molecular complexity index is 731. The van der Waals surface area contributed by atoms with Crippen LogP contribution in [0, 0.1) is 0 Å². The van der Waals surface area contributed by atoms with Gasteiger partial charge in [-0.3, -0.25) is 9.59 Å². The van der Waals surface area contributed by atoms with Crippen molar-refractivity contribution in [2.24, 2.45) is 0 Å². The van der Waals surface area contributed by atoms with Crippen molar-refractivity contribution in [3.63, 3.8) is 0 Å². The van der Waals surface area contributed by atoms with Gasteiger partial charge >= 0.3 is 0 Å². The molecule has 0 fully saturated rings. The Morgan fingerprint density at radius 1 is 1.18 bits per heavy atom. The molecule has 0 atom stereocenters. The van der Waals surface area contributed by atoms with Gasteiger partial charge in [-0.15, -0.1) is 11.3 Å². The highest BCUT2D eigenvalue weighted by Gasteiger charge is 2.15. The maximum atomic E-state index is 12.2. The van der Waals surface area contributed by atoms with Crippen LogP contribution in [-0.4, -0.2) is 18.9 Å². The number of methoxy groups -OCH3 is 1. The third kappa shape index (κ3) is 3.91. The van der Waals surface area contributed by atoms with Crippen molar-refractivity contribution in [1.82, 2.24) is 0 Å². The maximum absolute atomic E-state index is 12.2. The van der Waals surface area contributed by atoms with Gasteiger partial charge in [0.1, 0.15) is 10.1 Å². The lowest BCUT2D eigenvalue weighted by Gasteiger charge is -2.11. The monoisotopic (exact) mass is 358 g/mol. The van der Waals surface area contributed by atoms with Crippen LogP contribution in [0.2, 0.25) is 8.67 Å². The minimum atomic E-state index is -0.382. The molecular weight excluding hydrogens is 347 g/mol. The van der Waals surface area contributed by atoms with Gasteiger partial charge in [-0.2, -0.15) is 0 Å². The predicted molar refractivity (Wildman–Crippen MR) is 89.6 cm³/mol. The molecule has 22 heavy (non-hydrogen) atoms. The number of carbonyl (C=O) groups excluding carboxylic acids is 2. The molecule has 2 amide bonds. The summed E-state index contributed by atoms with van der Waals surface area (Å²) in [6.07, 6.45) is 0. The Morgan fingerprint density at radius 3 is 2.45 bits per heavy atom. The van der Waals surface area contributed by atoms with Crippen molar-refractivity contribution >= 4 is 57.7 Å². The summed E-state index contributed by atoms with van der Waals surface area (Å²) in [5.74, 6) is -0.133. The van der Waals surface area contributed by atoms with Crippen molar-refractivity contribution in [2.75, 3.05) is 17.7 Å². The molecule has 1 aromatic heterocycles. The Morgan fingerprint density at radius 2 is 1.91 bits per heavy atom. The van der Waals surface area contributed by atoms with E-state index in [2.05, 4.69) is 10.6 Å². The molecule has 2 aromatic rings. The normalized spacial score (nSPS) is 10.2. The first-order chi connectivity index (χ1) is 10.4. The van der Waals surface area contributed by atoms with Gasteiger partial charge in [0.05, 0.1) is 22.7 Å². The molecule has 0 saturated heterocycles. The zero-order chi connectivity index (χ0) is 16.3. The molecule has 1 aromatic carbocycles. The highest BCUT2D eigenvalue weighted by Crippen LogP contribution is 2.32. The number of nitrogens with one attached hydrogen (secondary N) is 2. The van der Waals surface area contributed by atoms with Crippen molar-refractivity contribution in [1.29, 1.82) is 0 Å². The predicted octanol–water partition coefficient (Wildman–Crippen LogP) is 4.27. The summed E-state index contributed by atoms with van der Waals surface area (Å²) in [5.41, 5.74) is 1.25. The van der Waals surface area contributed by atoms with E-state index in [-0.39, 0.29) is 11.8 Å². The molecule has 0 aliphatic carbocycles. The van der Waals surface area contributed by atoms with Crippen molar-refractivity contribution < 1.29 is 14.3 Å².